The first kappa shape index (κ1) is 10.9. The Morgan fingerprint density at radius 1 is 1.12 bits per heavy atom. The van der Waals surface area contributed by atoms with Gasteiger partial charge >= 0.3 is 0 Å². The van der Waals surface area contributed by atoms with E-state index in [2.05, 4.69) is 16.5 Å². The lowest BCUT2D eigenvalue weighted by Crippen LogP contribution is -1.87. The molecule has 2 aromatic rings. The van der Waals surface area contributed by atoms with Gasteiger partial charge in [0, 0.05) is 17.3 Å². The van der Waals surface area contributed by atoms with Gasteiger partial charge in [-0.3, -0.25) is 4.98 Å². The van der Waals surface area contributed by atoms with Gasteiger partial charge in [0.25, 0.3) is 0 Å². The van der Waals surface area contributed by atoms with Crippen molar-refractivity contribution in [3.05, 3.63) is 60.6 Å². The van der Waals surface area contributed by atoms with Crippen LogP contribution in [0.2, 0.25) is 0 Å². The van der Waals surface area contributed by atoms with Gasteiger partial charge in [-0.05, 0) is 30.7 Å². The summed E-state index contributed by atoms with van der Waals surface area (Å²) in [6.07, 6.45) is 3.56. The Hall–Kier alpha value is -1.61. The van der Waals surface area contributed by atoms with Gasteiger partial charge in [-0.25, -0.2) is 4.98 Å². The van der Waals surface area contributed by atoms with Gasteiger partial charge in [0.05, 0.1) is 5.69 Å². The van der Waals surface area contributed by atoms with Gasteiger partial charge in [-0.1, -0.05) is 30.5 Å². The molecule has 0 aromatic carbocycles. The fourth-order valence-electron chi connectivity index (χ4n) is 1.27. The normalized spacial score (nSPS) is 10.1. The van der Waals surface area contributed by atoms with E-state index in [4.69, 9.17) is 0 Å². The van der Waals surface area contributed by atoms with E-state index in [1.54, 1.807) is 24.2 Å². The zero-order valence-corrected chi connectivity index (χ0v) is 9.87. The first-order chi connectivity index (χ1) is 7.77. The van der Waals surface area contributed by atoms with E-state index in [9.17, 15) is 0 Å². The molecule has 2 heterocycles. The number of pyridine rings is 2. The summed E-state index contributed by atoms with van der Waals surface area (Å²) in [6, 6.07) is 9.78. The first-order valence-electron chi connectivity index (χ1n) is 4.97. The molecule has 2 nitrogen and oxygen atoms in total. The van der Waals surface area contributed by atoms with Gasteiger partial charge < -0.3 is 0 Å². The van der Waals surface area contributed by atoms with Crippen LogP contribution in [0.25, 0.3) is 4.91 Å². The summed E-state index contributed by atoms with van der Waals surface area (Å²) in [5, 5.41) is 0.984. The molecule has 0 saturated carbocycles. The molecule has 0 aliphatic rings. The molecule has 0 unspecified atom stereocenters. The van der Waals surface area contributed by atoms with Crippen molar-refractivity contribution in [2.75, 3.05) is 0 Å². The minimum Gasteiger partial charge on any atom is -0.256 e. The van der Waals surface area contributed by atoms with Crippen LogP contribution in [0.5, 0.6) is 0 Å². The highest BCUT2D eigenvalue weighted by atomic mass is 32.2. The summed E-state index contributed by atoms with van der Waals surface area (Å²) in [5.41, 5.74) is 2.06. The molecular weight excluding hydrogens is 216 g/mol. The standard InChI is InChI=1S/C13H12N2S/c1-10-6-5-9-15-13(10)16-11(2)12-7-3-4-8-14-12/h3-9H,2H2,1H3. The van der Waals surface area contributed by atoms with Gasteiger partial charge in [0.1, 0.15) is 5.03 Å². The van der Waals surface area contributed by atoms with E-state index in [0.29, 0.717) is 0 Å². The molecule has 0 radical (unpaired) electrons. The van der Waals surface area contributed by atoms with E-state index in [-0.39, 0.29) is 0 Å². The first-order valence-corrected chi connectivity index (χ1v) is 5.79. The predicted molar refractivity (Wildman–Crippen MR) is 68.1 cm³/mol. The van der Waals surface area contributed by atoms with E-state index in [1.165, 1.54) is 0 Å². The van der Waals surface area contributed by atoms with Crippen LogP contribution in [-0.4, -0.2) is 9.97 Å². The van der Waals surface area contributed by atoms with Crippen LogP contribution in [0.15, 0.2) is 54.3 Å². The Morgan fingerprint density at radius 3 is 2.62 bits per heavy atom. The minimum atomic E-state index is 0.901. The molecule has 0 aliphatic heterocycles. The molecular formula is C13H12N2S. The number of nitrogens with zero attached hydrogens (tertiary/aromatic N) is 2. The fraction of sp³-hybridized carbons (Fsp3) is 0.0769. The second-order valence-corrected chi connectivity index (χ2v) is 4.45. The molecule has 0 amide bonds. The summed E-state index contributed by atoms with van der Waals surface area (Å²) in [7, 11) is 0. The molecule has 0 atom stereocenters. The third-order valence-corrected chi connectivity index (χ3v) is 3.21. The van der Waals surface area contributed by atoms with Crippen LogP contribution < -0.4 is 0 Å². The average molecular weight is 228 g/mol. The molecule has 2 aromatic heterocycles. The molecule has 0 spiro atoms. The highest BCUT2D eigenvalue weighted by molar-refractivity contribution is 8.08. The highest BCUT2D eigenvalue weighted by Gasteiger charge is 2.05. The summed E-state index contributed by atoms with van der Waals surface area (Å²) >= 11 is 1.56. The number of hydrogen-bond acceptors (Lipinski definition) is 3. The lowest BCUT2D eigenvalue weighted by Gasteiger charge is -2.05. The molecule has 0 bridgehead atoms. The Labute approximate surface area is 99.5 Å². The Morgan fingerprint density at radius 2 is 1.94 bits per heavy atom. The van der Waals surface area contributed by atoms with Crippen molar-refractivity contribution in [2.24, 2.45) is 0 Å². The van der Waals surface area contributed by atoms with Crippen molar-refractivity contribution in [1.82, 2.24) is 9.97 Å². The smallest absolute Gasteiger partial charge is 0.104 e. The third-order valence-electron chi connectivity index (χ3n) is 2.13. The summed E-state index contributed by atoms with van der Waals surface area (Å²) < 4.78 is 0. The number of hydrogen-bond donors (Lipinski definition) is 0. The van der Waals surface area contributed by atoms with Crippen molar-refractivity contribution in [3.8, 4) is 0 Å². The summed E-state index contributed by atoms with van der Waals surface area (Å²) in [5.74, 6) is 0. The highest BCUT2D eigenvalue weighted by Crippen LogP contribution is 2.31. The van der Waals surface area contributed by atoms with Crippen LogP contribution in [0.3, 0.4) is 0 Å². The van der Waals surface area contributed by atoms with Crippen LogP contribution in [0, 0.1) is 6.92 Å². The van der Waals surface area contributed by atoms with Gasteiger partial charge in [-0.2, -0.15) is 0 Å². The van der Waals surface area contributed by atoms with Crippen molar-refractivity contribution < 1.29 is 0 Å². The average Bonchev–Trinajstić information content (AvgIpc) is 2.33. The summed E-state index contributed by atoms with van der Waals surface area (Å²) in [4.78, 5) is 9.49. The molecule has 0 fully saturated rings. The second kappa shape index (κ2) is 4.94. The van der Waals surface area contributed by atoms with E-state index >= 15 is 0 Å². The lowest BCUT2D eigenvalue weighted by atomic mass is 10.3. The number of rotatable bonds is 3. The van der Waals surface area contributed by atoms with Gasteiger partial charge in [0.2, 0.25) is 0 Å². The molecule has 0 N–H and O–H groups in total. The number of aromatic nitrogens is 2. The molecule has 0 aliphatic carbocycles. The molecule has 16 heavy (non-hydrogen) atoms. The van der Waals surface area contributed by atoms with Crippen molar-refractivity contribution in [2.45, 2.75) is 11.9 Å². The Bertz CT molecular complexity index is 494. The van der Waals surface area contributed by atoms with Gasteiger partial charge in [0.15, 0.2) is 0 Å². The third kappa shape index (κ3) is 2.49. The van der Waals surface area contributed by atoms with Crippen LogP contribution >= 0.6 is 11.8 Å². The van der Waals surface area contributed by atoms with Crippen molar-refractivity contribution in [1.29, 1.82) is 0 Å². The summed E-state index contributed by atoms with van der Waals surface area (Å²) in [6.45, 7) is 6.06. The molecule has 0 saturated heterocycles. The SMILES string of the molecule is C=C(Sc1ncccc1C)c1ccccn1. The van der Waals surface area contributed by atoms with E-state index < -0.39 is 0 Å². The molecule has 2 rings (SSSR count). The number of thioether (sulfide) groups is 1. The minimum absolute atomic E-state index is 0.901. The molecule has 80 valence electrons. The fourth-order valence-corrected chi connectivity index (χ4v) is 2.08. The van der Waals surface area contributed by atoms with E-state index in [1.807, 2.05) is 37.3 Å². The Kier molecular flexibility index (Phi) is 3.37. The number of aryl methyl sites for hydroxylation is 1. The topological polar surface area (TPSA) is 25.8 Å². The van der Waals surface area contributed by atoms with Crippen LogP contribution in [0.4, 0.5) is 0 Å². The quantitative estimate of drug-likeness (QED) is 0.751. The van der Waals surface area contributed by atoms with E-state index in [0.717, 1.165) is 21.2 Å². The lowest BCUT2D eigenvalue weighted by molar-refractivity contribution is 1.08. The van der Waals surface area contributed by atoms with Crippen LogP contribution in [-0.2, 0) is 0 Å². The van der Waals surface area contributed by atoms with Crippen LogP contribution in [0.1, 0.15) is 11.3 Å². The monoisotopic (exact) mass is 228 g/mol. The van der Waals surface area contributed by atoms with Crippen molar-refractivity contribution >= 4 is 16.7 Å². The zero-order valence-electron chi connectivity index (χ0n) is 9.05. The van der Waals surface area contributed by atoms with Gasteiger partial charge in [-0.15, -0.1) is 0 Å². The Balaban J connectivity index is 2.18. The maximum absolute atomic E-state index is 4.32. The second-order valence-electron chi connectivity index (χ2n) is 3.37. The predicted octanol–water partition coefficient (Wildman–Crippen LogP) is 3.55. The zero-order chi connectivity index (χ0) is 11.4. The maximum Gasteiger partial charge on any atom is 0.104 e. The maximum atomic E-state index is 4.32. The largest absolute Gasteiger partial charge is 0.256 e. The molecule has 3 heteroatoms. The van der Waals surface area contributed by atoms with Crippen molar-refractivity contribution in [3.63, 3.8) is 0 Å².